The van der Waals surface area contributed by atoms with Crippen LogP contribution in [-0.4, -0.2) is 31.6 Å². The summed E-state index contributed by atoms with van der Waals surface area (Å²) in [6.07, 6.45) is 0. The largest absolute Gasteiger partial charge is 0.497 e. The first-order valence-corrected chi connectivity index (χ1v) is 8.58. The van der Waals surface area contributed by atoms with Crippen LogP contribution in [0.3, 0.4) is 0 Å². The molecule has 0 unspecified atom stereocenters. The van der Waals surface area contributed by atoms with E-state index >= 15 is 0 Å². The summed E-state index contributed by atoms with van der Waals surface area (Å²) in [5.41, 5.74) is 1.78. The van der Waals surface area contributed by atoms with Gasteiger partial charge in [-0.15, -0.1) is 0 Å². The highest BCUT2D eigenvalue weighted by molar-refractivity contribution is 6.31. The molecule has 134 valence electrons. The summed E-state index contributed by atoms with van der Waals surface area (Å²) in [7, 11) is 3.41. The van der Waals surface area contributed by atoms with Crippen LogP contribution in [0, 0.1) is 0 Å². The van der Waals surface area contributed by atoms with Crippen molar-refractivity contribution >= 4 is 17.6 Å². The number of ether oxygens (including phenoxy) is 1. The average Bonchev–Trinajstić information content (AvgIpc) is 2.60. The van der Waals surface area contributed by atoms with Gasteiger partial charge in [-0.2, -0.15) is 0 Å². The lowest BCUT2D eigenvalue weighted by atomic mass is 9.84. The summed E-state index contributed by atoms with van der Waals surface area (Å²) in [6.45, 7) is 5.14. The van der Waals surface area contributed by atoms with E-state index < -0.39 is 0 Å². The topological polar surface area (TPSA) is 41.6 Å². The van der Waals surface area contributed by atoms with E-state index in [0.29, 0.717) is 18.1 Å². The maximum Gasteiger partial charge on any atom is 0.317 e. The van der Waals surface area contributed by atoms with Crippen LogP contribution in [0.1, 0.15) is 25.0 Å². The highest BCUT2D eigenvalue weighted by Crippen LogP contribution is 2.29. The standard InChI is InChI=1S/C20H25ClN2O2/c1-20(2,17-10-5-6-11-18(17)21)14-22-19(24)23(3)13-15-8-7-9-16(12-15)25-4/h5-12H,13-14H2,1-4H3,(H,22,24). The molecule has 0 aromatic heterocycles. The fourth-order valence-electron chi connectivity index (χ4n) is 2.65. The third-order valence-corrected chi connectivity index (χ3v) is 4.51. The van der Waals surface area contributed by atoms with Crippen molar-refractivity contribution in [2.45, 2.75) is 25.8 Å². The van der Waals surface area contributed by atoms with Crippen molar-refractivity contribution in [1.29, 1.82) is 0 Å². The van der Waals surface area contributed by atoms with E-state index in [4.69, 9.17) is 16.3 Å². The Balaban J connectivity index is 1.95. The van der Waals surface area contributed by atoms with Crippen molar-refractivity contribution in [2.75, 3.05) is 20.7 Å². The molecule has 0 saturated heterocycles. The number of carbonyl (C=O) groups excluding carboxylic acids is 1. The molecule has 2 rings (SSSR count). The highest BCUT2D eigenvalue weighted by atomic mass is 35.5. The van der Waals surface area contributed by atoms with Crippen molar-refractivity contribution in [2.24, 2.45) is 0 Å². The molecule has 0 spiro atoms. The van der Waals surface area contributed by atoms with Gasteiger partial charge in [0, 0.05) is 30.6 Å². The maximum absolute atomic E-state index is 12.4. The second-order valence-corrected chi connectivity index (χ2v) is 7.14. The molecular weight excluding hydrogens is 336 g/mol. The van der Waals surface area contributed by atoms with Gasteiger partial charge in [0.05, 0.1) is 7.11 Å². The Morgan fingerprint density at radius 1 is 1.20 bits per heavy atom. The minimum absolute atomic E-state index is 0.122. The van der Waals surface area contributed by atoms with Crippen LogP contribution in [-0.2, 0) is 12.0 Å². The maximum atomic E-state index is 12.4. The number of methoxy groups -OCH3 is 1. The molecule has 1 N–H and O–H groups in total. The van der Waals surface area contributed by atoms with E-state index in [-0.39, 0.29) is 11.4 Å². The molecule has 2 aromatic rings. The summed E-state index contributed by atoms with van der Waals surface area (Å²) in [4.78, 5) is 14.1. The number of benzene rings is 2. The smallest absolute Gasteiger partial charge is 0.317 e. The summed E-state index contributed by atoms with van der Waals surface area (Å²) >= 11 is 6.29. The SMILES string of the molecule is COc1cccc(CN(C)C(=O)NCC(C)(C)c2ccccc2Cl)c1. The van der Waals surface area contributed by atoms with Gasteiger partial charge in [0.25, 0.3) is 0 Å². The molecule has 2 amide bonds. The van der Waals surface area contributed by atoms with Crippen molar-refractivity contribution in [1.82, 2.24) is 10.2 Å². The number of rotatable bonds is 6. The fourth-order valence-corrected chi connectivity index (χ4v) is 3.04. The van der Waals surface area contributed by atoms with E-state index in [1.165, 1.54) is 0 Å². The predicted molar refractivity (Wildman–Crippen MR) is 102 cm³/mol. The normalized spacial score (nSPS) is 11.1. The second kappa shape index (κ2) is 8.26. The summed E-state index contributed by atoms with van der Waals surface area (Å²) < 4.78 is 5.22. The first-order chi connectivity index (χ1) is 11.8. The number of nitrogens with zero attached hydrogens (tertiary/aromatic N) is 1. The van der Waals surface area contributed by atoms with E-state index in [1.54, 1.807) is 19.1 Å². The Bertz CT molecular complexity index is 731. The number of halogens is 1. The van der Waals surface area contributed by atoms with Gasteiger partial charge in [-0.05, 0) is 29.3 Å². The van der Waals surface area contributed by atoms with Gasteiger partial charge in [-0.1, -0.05) is 55.8 Å². The van der Waals surface area contributed by atoms with Crippen LogP contribution in [0.15, 0.2) is 48.5 Å². The molecule has 0 fully saturated rings. The second-order valence-electron chi connectivity index (χ2n) is 6.73. The quantitative estimate of drug-likeness (QED) is 0.825. The summed E-state index contributed by atoms with van der Waals surface area (Å²) in [6, 6.07) is 15.3. The monoisotopic (exact) mass is 360 g/mol. The van der Waals surface area contributed by atoms with Crippen molar-refractivity contribution < 1.29 is 9.53 Å². The Labute approximate surface area is 154 Å². The van der Waals surface area contributed by atoms with E-state index in [1.807, 2.05) is 48.5 Å². The van der Waals surface area contributed by atoms with Crippen molar-refractivity contribution in [3.8, 4) is 5.75 Å². The fraction of sp³-hybridized carbons (Fsp3) is 0.350. The Hall–Kier alpha value is -2.20. The molecule has 5 heteroatoms. The Morgan fingerprint density at radius 3 is 2.60 bits per heavy atom. The predicted octanol–water partition coefficient (Wildman–Crippen LogP) is 4.47. The summed E-state index contributed by atoms with van der Waals surface area (Å²) in [5.74, 6) is 0.783. The van der Waals surface area contributed by atoms with E-state index in [0.717, 1.165) is 16.9 Å². The van der Waals surface area contributed by atoms with Crippen LogP contribution in [0.25, 0.3) is 0 Å². The highest BCUT2D eigenvalue weighted by Gasteiger charge is 2.24. The molecule has 0 aliphatic heterocycles. The zero-order valence-corrected chi connectivity index (χ0v) is 15.9. The average molecular weight is 361 g/mol. The van der Waals surface area contributed by atoms with Crippen LogP contribution in [0.2, 0.25) is 5.02 Å². The number of hydrogen-bond acceptors (Lipinski definition) is 2. The lowest BCUT2D eigenvalue weighted by molar-refractivity contribution is 0.204. The third-order valence-electron chi connectivity index (χ3n) is 4.19. The first-order valence-electron chi connectivity index (χ1n) is 8.20. The number of nitrogens with one attached hydrogen (secondary N) is 1. The molecule has 0 radical (unpaired) electrons. The van der Waals surface area contributed by atoms with Gasteiger partial charge < -0.3 is 15.0 Å². The molecular formula is C20H25ClN2O2. The number of urea groups is 1. The van der Waals surface area contributed by atoms with E-state index in [9.17, 15) is 4.79 Å². The molecule has 0 heterocycles. The number of hydrogen-bond donors (Lipinski definition) is 1. The van der Waals surface area contributed by atoms with Crippen LogP contribution in [0.5, 0.6) is 5.75 Å². The van der Waals surface area contributed by atoms with Crippen LogP contribution >= 0.6 is 11.6 Å². The molecule has 4 nitrogen and oxygen atoms in total. The molecule has 0 aliphatic carbocycles. The molecule has 0 atom stereocenters. The molecule has 0 bridgehead atoms. The van der Waals surface area contributed by atoms with Gasteiger partial charge in [0.15, 0.2) is 0 Å². The van der Waals surface area contributed by atoms with Crippen molar-refractivity contribution in [3.63, 3.8) is 0 Å². The van der Waals surface area contributed by atoms with E-state index in [2.05, 4.69) is 19.2 Å². The molecule has 0 saturated carbocycles. The van der Waals surface area contributed by atoms with Gasteiger partial charge in [-0.3, -0.25) is 0 Å². The Kier molecular flexibility index (Phi) is 6.32. The zero-order valence-electron chi connectivity index (χ0n) is 15.2. The minimum Gasteiger partial charge on any atom is -0.497 e. The van der Waals surface area contributed by atoms with Gasteiger partial charge in [-0.25, -0.2) is 4.79 Å². The number of amides is 2. The lowest BCUT2D eigenvalue weighted by Crippen LogP contribution is -2.43. The van der Waals surface area contributed by atoms with Gasteiger partial charge >= 0.3 is 6.03 Å². The third kappa shape index (κ3) is 5.13. The van der Waals surface area contributed by atoms with Crippen LogP contribution < -0.4 is 10.1 Å². The lowest BCUT2D eigenvalue weighted by Gasteiger charge is -2.28. The Morgan fingerprint density at radius 2 is 1.92 bits per heavy atom. The van der Waals surface area contributed by atoms with Crippen molar-refractivity contribution in [3.05, 3.63) is 64.7 Å². The molecule has 2 aromatic carbocycles. The zero-order chi connectivity index (χ0) is 18.4. The first kappa shape index (κ1) is 19.1. The molecule has 0 aliphatic rings. The molecule has 25 heavy (non-hydrogen) atoms. The van der Waals surface area contributed by atoms with Crippen LogP contribution in [0.4, 0.5) is 4.79 Å². The summed E-state index contributed by atoms with van der Waals surface area (Å²) in [5, 5.41) is 3.71. The minimum atomic E-state index is -0.259. The number of carbonyl (C=O) groups is 1. The van der Waals surface area contributed by atoms with Gasteiger partial charge in [0.2, 0.25) is 0 Å². The van der Waals surface area contributed by atoms with Gasteiger partial charge in [0.1, 0.15) is 5.75 Å².